The number of aryl methyl sites for hydroxylation is 1. The molecule has 0 spiro atoms. The number of nitrogens with one attached hydrogen (secondary N) is 2. The summed E-state index contributed by atoms with van der Waals surface area (Å²) in [6.45, 7) is 2.30. The van der Waals surface area contributed by atoms with E-state index in [-0.39, 0.29) is 27.3 Å². The van der Waals surface area contributed by atoms with Crippen LogP contribution >= 0.6 is 0 Å². The molecule has 0 saturated carbocycles. The van der Waals surface area contributed by atoms with Crippen LogP contribution in [0.15, 0.2) is 87.4 Å². The number of carbonyl (C=O) groups excluding carboxylic acids is 1. The van der Waals surface area contributed by atoms with Gasteiger partial charge in [0.05, 0.1) is 10.4 Å². The van der Waals surface area contributed by atoms with Crippen LogP contribution in [0.5, 0.6) is 5.75 Å². The van der Waals surface area contributed by atoms with Crippen LogP contribution in [0, 0.1) is 6.92 Å². The largest absolute Gasteiger partial charge is 0.506 e. The zero-order valence-electron chi connectivity index (χ0n) is 17.1. The van der Waals surface area contributed by atoms with Crippen molar-refractivity contribution in [2.24, 2.45) is 0 Å². The Morgan fingerprint density at radius 2 is 1.69 bits per heavy atom. The minimum atomic E-state index is -4.23. The molecule has 0 fully saturated rings. The van der Waals surface area contributed by atoms with Crippen molar-refractivity contribution in [3.8, 4) is 5.75 Å². The molecule has 0 aliphatic rings. The maximum Gasteiger partial charge on any atom is 0.271 e. The van der Waals surface area contributed by atoms with Crippen molar-refractivity contribution in [1.82, 2.24) is 10.3 Å². The number of aromatic nitrogens is 1. The molecular weight excluding hydrogens is 428 g/mol. The lowest BCUT2D eigenvalue weighted by Crippen LogP contribution is -2.23. The van der Waals surface area contributed by atoms with E-state index in [2.05, 4.69) is 10.3 Å². The van der Waals surface area contributed by atoms with Gasteiger partial charge in [-0.15, -0.1) is 0 Å². The van der Waals surface area contributed by atoms with E-state index in [0.29, 0.717) is 6.54 Å². The van der Waals surface area contributed by atoms with Crippen LogP contribution in [-0.2, 0) is 16.4 Å². The van der Waals surface area contributed by atoms with E-state index < -0.39 is 26.0 Å². The second kappa shape index (κ2) is 8.32. The van der Waals surface area contributed by atoms with Gasteiger partial charge in [0, 0.05) is 17.5 Å². The van der Waals surface area contributed by atoms with Crippen molar-refractivity contribution in [2.45, 2.75) is 23.3 Å². The second-order valence-corrected chi connectivity index (χ2v) is 9.26. The summed E-state index contributed by atoms with van der Waals surface area (Å²) < 4.78 is 25.8. The van der Waals surface area contributed by atoms with Gasteiger partial charge < -0.3 is 15.4 Å². The summed E-state index contributed by atoms with van der Waals surface area (Å²) >= 11 is 0. The number of aromatic amines is 1. The maximum absolute atomic E-state index is 12.9. The predicted molar refractivity (Wildman–Crippen MR) is 120 cm³/mol. The van der Waals surface area contributed by atoms with Gasteiger partial charge in [-0.1, -0.05) is 48.0 Å². The number of fused-ring (bicyclic) bond motifs is 1. The fourth-order valence-electron chi connectivity index (χ4n) is 3.36. The number of hydrogen-bond donors (Lipinski definition) is 3. The monoisotopic (exact) mass is 448 g/mol. The number of sulfone groups is 1. The van der Waals surface area contributed by atoms with Crippen molar-refractivity contribution < 1.29 is 18.3 Å². The molecule has 0 atom stereocenters. The Balaban J connectivity index is 1.67. The number of benzene rings is 3. The van der Waals surface area contributed by atoms with Gasteiger partial charge in [0.2, 0.25) is 9.84 Å². The first-order chi connectivity index (χ1) is 15.3. The zero-order valence-corrected chi connectivity index (χ0v) is 17.9. The van der Waals surface area contributed by atoms with Crippen LogP contribution in [0.2, 0.25) is 0 Å². The molecule has 3 N–H and O–H groups in total. The normalized spacial score (nSPS) is 11.4. The standard InChI is InChI=1S/C24H20N2O5S/c1-15-7-9-16(10-8-15)14-25-23(28)17-11-12-19-20(13-17)26-24(29)22(21(19)27)32(30,31)18-5-3-2-4-6-18/h2-13H,14H2,1H3,(H,25,28)(H2,26,27,29). The Morgan fingerprint density at radius 1 is 1.00 bits per heavy atom. The number of amides is 1. The third-order valence-electron chi connectivity index (χ3n) is 5.10. The van der Waals surface area contributed by atoms with E-state index in [0.717, 1.165) is 11.1 Å². The average Bonchev–Trinajstić information content (AvgIpc) is 2.78. The maximum atomic E-state index is 12.9. The lowest BCUT2D eigenvalue weighted by molar-refractivity contribution is 0.0951. The molecule has 0 radical (unpaired) electrons. The van der Waals surface area contributed by atoms with Gasteiger partial charge in [0.1, 0.15) is 5.75 Å². The van der Waals surface area contributed by atoms with E-state index in [1.807, 2.05) is 31.2 Å². The molecule has 1 aromatic heterocycles. The molecule has 32 heavy (non-hydrogen) atoms. The molecule has 0 aliphatic carbocycles. The van der Waals surface area contributed by atoms with Crippen molar-refractivity contribution in [3.63, 3.8) is 0 Å². The van der Waals surface area contributed by atoms with Crippen molar-refractivity contribution in [2.75, 3.05) is 0 Å². The molecule has 0 unspecified atom stereocenters. The highest BCUT2D eigenvalue weighted by molar-refractivity contribution is 7.91. The predicted octanol–water partition coefficient (Wildman–Crippen LogP) is 3.30. The van der Waals surface area contributed by atoms with E-state index >= 15 is 0 Å². The summed E-state index contributed by atoms with van der Waals surface area (Å²) in [5.41, 5.74) is 1.51. The van der Waals surface area contributed by atoms with Gasteiger partial charge in [-0.05, 0) is 42.8 Å². The summed E-state index contributed by atoms with van der Waals surface area (Å²) in [4.78, 5) is 26.8. The third kappa shape index (κ3) is 4.00. The highest BCUT2D eigenvalue weighted by Crippen LogP contribution is 2.31. The number of rotatable bonds is 5. The molecule has 0 saturated heterocycles. The Labute approximate surface area is 184 Å². The van der Waals surface area contributed by atoms with E-state index in [1.54, 1.807) is 6.07 Å². The average molecular weight is 449 g/mol. The number of hydrogen-bond acceptors (Lipinski definition) is 5. The van der Waals surface area contributed by atoms with Crippen LogP contribution in [-0.4, -0.2) is 24.4 Å². The molecule has 1 heterocycles. The van der Waals surface area contributed by atoms with E-state index in [4.69, 9.17) is 0 Å². The van der Waals surface area contributed by atoms with Gasteiger partial charge in [-0.25, -0.2) is 8.42 Å². The number of H-pyrrole nitrogens is 1. The summed E-state index contributed by atoms with van der Waals surface area (Å²) in [5.74, 6) is -1.02. The molecule has 0 aliphatic heterocycles. The van der Waals surface area contributed by atoms with Gasteiger partial charge >= 0.3 is 0 Å². The molecule has 4 aromatic rings. The van der Waals surface area contributed by atoms with Crippen LogP contribution in [0.3, 0.4) is 0 Å². The first-order valence-electron chi connectivity index (χ1n) is 9.80. The second-order valence-electron chi connectivity index (χ2n) is 7.38. The van der Waals surface area contributed by atoms with Crippen LogP contribution < -0.4 is 10.9 Å². The molecule has 4 rings (SSSR count). The van der Waals surface area contributed by atoms with E-state index in [9.17, 15) is 23.1 Å². The SMILES string of the molecule is Cc1ccc(CNC(=O)c2ccc3c(O)c(S(=O)(=O)c4ccccc4)c(=O)[nH]c3c2)cc1. The highest BCUT2D eigenvalue weighted by atomic mass is 32.2. The summed E-state index contributed by atoms with van der Waals surface area (Å²) in [5, 5.41) is 13.5. The molecule has 1 amide bonds. The van der Waals surface area contributed by atoms with Gasteiger partial charge in [-0.2, -0.15) is 0 Å². The molecular formula is C24H20N2O5S. The fraction of sp³-hybridized carbons (Fsp3) is 0.0833. The molecule has 162 valence electrons. The Bertz CT molecular complexity index is 1480. The molecule has 8 heteroatoms. The van der Waals surface area contributed by atoms with Crippen molar-refractivity contribution in [3.05, 3.63) is 99.8 Å². The number of carbonyl (C=O) groups is 1. The first-order valence-corrected chi connectivity index (χ1v) is 11.3. The van der Waals surface area contributed by atoms with Crippen molar-refractivity contribution >= 4 is 26.6 Å². The Kier molecular flexibility index (Phi) is 5.54. The Hall–Kier alpha value is -3.91. The summed E-state index contributed by atoms with van der Waals surface area (Å²) in [6.07, 6.45) is 0. The minimum absolute atomic E-state index is 0.104. The fourth-order valence-corrected chi connectivity index (χ4v) is 4.77. The Morgan fingerprint density at radius 3 is 2.38 bits per heavy atom. The molecule has 0 bridgehead atoms. The molecule has 3 aromatic carbocycles. The number of pyridine rings is 1. The van der Waals surface area contributed by atoms with Crippen molar-refractivity contribution in [1.29, 1.82) is 0 Å². The topological polar surface area (TPSA) is 116 Å². The summed E-state index contributed by atoms with van der Waals surface area (Å²) in [7, 11) is -4.23. The van der Waals surface area contributed by atoms with Crippen LogP contribution in [0.1, 0.15) is 21.5 Å². The smallest absolute Gasteiger partial charge is 0.271 e. The van der Waals surface area contributed by atoms with Gasteiger partial charge in [-0.3, -0.25) is 9.59 Å². The van der Waals surface area contributed by atoms with Crippen LogP contribution in [0.4, 0.5) is 0 Å². The highest BCUT2D eigenvalue weighted by Gasteiger charge is 2.27. The van der Waals surface area contributed by atoms with Gasteiger partial charge in [0.15, 0.2) is 4.90 Å². The molecule has 7 nitrogen and oxygen atoms in total. The third-order valence-corrected chi connectivity index (χ3v) is 6.91. The lowest BCUT2D eigenvalue weighted by Gasteiger charge is -2.10. The zero-order chi connectivity index (χ0) is 22.9. The van der Waals surface area contributed by atoms with E-state index in [1.165, 1.54) is 42.5 Å². The minimum Gasteiger partial charge on any atom is -0.506 e. The first kappa shape index (κ1) is 21.3. The van der Waals surface area contributed by atoms with Gasteiger partial charge in [0.25, 0.3) is 11.5 Å². The number of aromatic hydroxyl groups is 1. The lowest BCUT2D eigenvalue weighted by atomic mass is 10.1. The van der Waals surface area contributed by atoms with Crippen LogP contribution in [0.25, 0.3) is 10.9 Å². The quantitative estimate of drug-likeness (QED) is 0.433. The summed E-state index contributed by atoms with van der Waals surface area (Å²) in [6, 6.07) is 19.4.